The Morgan fingerprint density at radius 3 is 2.29 bits per heavy atom. The third kappa shape index (κ3) is 2.87. The minimum absolute atomic E-state index is 0.199. The van der Waals surface area contributed by atoms with Gasteiger partial charge in [0.05, 0.1) is 0 Å². The first-order chi connectivity index (χ1) is 6.77. The molecule has 0 aliphatic heterocycles. The van der Waals surface area contributed by atoms with Crippen LogP contribution in [0, 0.1) is 0 Å². The first-order valence-electron chi connectivity index (χ1n) is 4.58. The lowest BCUT2D eigenvalue weighted by molar-refractivity contribution is 0.334. The summed E-state index contributed by atoms with van der Waals surface area (Å²) in [5.41, 5.74) is 0.987. The zero-order valence-corrected chi connectivity index (χ0v) is 8.49. The van der Waals surface area contributed by atoms with Crippen molar-refractivity contribution < 1.29 is 5.11 Å². The summed E-state index contributed by atoms with van der Waals surface area (Å²) in [7, 11) is 3.58. The van der Waals surface area contributed by atoms with Gasteiger partial charge in [0.15, 0.2) is 0 Å². The van der Waals surface area contributed by atoms with Crippen LogP contribution in [0.4, 0.5) is 0 Å². The fourth-order valence-corrected chi connectivity index (χ4v) is 1.24. The van der Waals surface area contributed by atoms with E-state index in [1.165, 1.54) is 0 Å². The predicted molar refractivity (Wildman–Crippen MR) is 59.0 cm³/mol. The molecule has 3 N–H and O–H groups in total. The lowest BCUT2D eigenvalue weighted by Gasteiger charge is -2.13. The van der Waals surface area contributed by atoms with Crippen molar-refractivity contribution in [1.29, 1.82) is 0 Å². The number of likely N-dealkylation sites (N-methyl/N-ethyl adjacent to an activating group) is 2. The van der Waals surface area contributed by atoms with E-state index in [1.807, 2.05) is 30.3 Å². The molecule has 0 unspecified atom stereocenters. The van der Waals surface area contributed by atoms with Gasteiger partial charge in [0.25, 0.3) is 0 Å². The summed E-state index contributed by atoms with van der Waals surface area (Å²) in [5, 5.41) is 15.6. The van der Waals surface area contributed by atoms with Gasteiger partial charge in [-0.3, -0.25) is 10.6 Å². The molecule has 1 aromatic rings. The summed E-state index contributed by atoms with van der Waals surface area (Å²) in [6, 6.07) is 9.71. The molecule has 0 spiro atoms. The standard InChI is InChI=1S/C11H16N2O/c1-12-11(13-2)10(14)8-9-6-4-3-5-7-9/h3-8,11-14H,1-2H3. The van der Waals surface area contributed by atoms with Crippen molar-refractivity contribution in [2.24, 2.45) is 0 Å². The summed E-state index contributed by atoms with van der Waals surface area (Å²) in [6.45, 7) is 0. The van der Waals surface area contributed by atoms with Crippen LogP contribution in [0.25, 0.3) is 6.08 Å². The van der Waals surface area contributed by atoms with Crippen molar-refractivity contribution in [2.75, 3.05) is 14.1 Å². The van der Waals surface area contributed by atoms with Crippen molar-refractivity contribution in [3.05, 3.63) is 41.7 Å². The molecule has 0 amide bonds. The zero-order valence-electron chi connectivity index (χ0n) is 8.49. The Bertz CT molecular complexity index is 291. The van der Waals surface area contributed by atoms with Crippen LogP contribution < -0.4 is 10.6 Å². The van der Waals surface area contributed by atoms with E-state index in [2.05, 4.69) is 10.6 Å². The summed E-state index contributed by atoms with van der Waals surface area (Å²) in [4.78, 5) is 0. The molecule has 3 heteroatoms. The molecule has 3 nitrogen and oxygen atoms in total. The van der Waals surface area contributed by atoms with Crippen LogP contribution in [0.3, 0.4) is 0 Å². The minimum Gasteiger partial charge on any atom is -0.509 e. The molecule has 0 aliphatic rings. The normalized spacial score (nSPS) is 12.1. The van der Waals surface area contributed by atoms with Gasteiger partial charge in [-0.15, -0.1) is 0 Å². The highest BCUT2D eigenvalue weighted by atomic mass is 16.3. The van der Waals surface area contributed by atoms with Crippen molar-refractivity contribution in [1.82, 2.24) is 10.6 Å². The Balaban J connectivity index is 2.77. The highest BCUT2D eigenvalue weighted by Crippen LogP contribution is 2.05. The van der Waals surface area contributed by atoms with Crippen molar-refractivity contribution in [3.8, 4) is 0 Å². The van der Waals surface area contributed by atoms with Crippen LogP contribution in [0.15, 0.2) is 36.1 Å². The molecule has 0 heterocycles. The molecule has 0 atom stereocenters. The molecule has 0 aliphatic carbocycles. The quantitative estimate of drug-likeness (QED) is 0.498. The Hall–Kier alpha value is -1.32. The number of rotatable bonds is 4. The lowest BCUT2D eigenvalue weighted by Crippen LogP contribution is -2.39. The van der Waals surface area contributed by atoms with Crippen LogP contribution in [0.5, 0.6) is 0 Å². The molecule has 0 fully saturated rings. The van der Waals surface area contributed by atoms with E-state index in [0.29, 0.717) is 0 Å². The highest BCUT2D eigenvalue weighted by molar-refractivity contribution is 5.51. The van der Waals surface area contributed by atoms with Crippen LogP contribution in [0.2, 0.25) is 0 Å². The SMILES string of the molecule is CNC(NC)C(O)=Cc1ccccc1. The number of aliphatic hydroxyl groups is 1. The van der Waals surface area contributed by atoms with Crippen molar-refractivity contribution >= 4 is 6.08 Å². The van der Waals surface area contributed by atoms with Gasteiger partial charge in [-0.25, -0.2) is 0 Å². The van der Waals surface area contributed by atoms with E-state index in [0.717, 1.165) is 5.56 Å². The second-order valence-corrected chi connectivity index (χ2v) is 2.99. The van der Waals surface area contributed by atoms with E-state index < -0.39 is 0 Å². The fraction of sp³-hybridized carbons (Fsp3) is 0.273. The molecule has 76 valence electrons. The molecular weight excluding hydrogens is 176 g/mol. The lowest BCUT2D eigenvalue weighted by atomic mass is 10.2. The van der Waals surface area contributed by atoms with Crippen LogP contribution in [-0.2, 0) is 0 Å². The maximum atomic E-state index is 9.70. The van der Waals surface area contributed by atoms with Gasteiger partial charge < -0.3 is 5.11 Å². The maximum absolute atomic E-state index is 9.70. The third-order valence-electron chi connectivity index (χ3n) is 1.99. The Labute approximate surface area is 84.5 Å². The van der Waals surface area contributed by atoms with E-state index in [1.54, 1.807) is 20.2 Å². The molecule has 0 saturated carbocycles. The zero-order chi connectivity index (χ0) is 10.4. The molecule has 0 saturated heterocycles. The Kier molecular flexibility index (Phi) is 4.16. The number of hydrogen-bond acceptors (Lipinski definition) is 3. The summed E-state index contributed by atoms with van der Waals surface area (Å²) >= 11 is 0. The van der Waals surface area contributed by atoms with Gasteiger partial charge in [-0.1, -0.05) is 30.3 Å². The van der Waals surface area contributed by atoms with Gasteiger partial charge >= 0.3 is 0 Å². The molecular formula is C11H16N2O. The average molecular weight is 192 g/mol. The van der Waals surface area contributed by atoms with Crippen LogP contribution in [0.1, 0.15) is 5.56 Å². The van der Waals surface area contributed by atoms with E-state index in [4.69, 9.17) is 0 Å². The second-order valence-electron chi connectivity index (χ2n) is 2.99. The number of aliphatic hydroxyl groups excluding tert-OH is 1. The van der Waals surface area contributed by atoms with Gasteiger partial charge in [0.2, 0.25) is 0 Å². The van der Waals surface area contributed by atoms with Gasteiger partial charge in [0.1, 0.15) is 11.9 Å². The van der Waals surface area contributed by atoms with Crippen molar-refractivity contribution in [3.63, 3.8) is 0 Å². The molecule has 0 bridgehead atoms. The smallest absolute Gasteiger partial charge is 0.124 e. The average Bonchev–Trinajstić information content (AvgIpc) is 2.21. The molecule has 0 aromatic heterocycles. The second kappa shape index (κ2) is 5.42. The molecule has 1 rings (SSSR count). The van der Waals surface area contributed by atoms with E-state index >= 15 is 0 Å². The maximum Gasteiger partial charge on any atom is 0.124 e. The molecule has 14 heavy (non-hydrogen) atoms. The largest absolute Gasteiger partial charge is 0.509 e. The fourth-order valence-electron chi connectivity index (χ4n) is 1.24. The van der Waals surface area contributed by atoms with Crippen LogP contribution in [-0.4, -0.2) is 25.4 Å². The molecule has 1 aromatic carbocycles. The highest BCUT2D eigenvalue weighted by Gasteiger charge is 2.06. The van der Waals surface area contributed by atoms with E-state index in [9.17, 15) is 5.11 Å². The molecule has 0 radical (unpaired) electrons. The van der Waals surface area contributed by atoms with Crippen molar-refractivity contribution in [2.45, 2.75) is 6.17 Å². The predicted octanol–water partition coefficient (Wildman–Crippen LogP) is 1.35. The number of hydrogen-bond donors (Lipinski definition) is 3. The Morgan fingerprint density at radius 2 is 1.79 bits per heavy atom. The van der Waals surface area contributed by atoms with E-state index in [-0.39, 0.29) is 11.9 Å². The third-order valence-corrected chi connectivity index (χ3v) is 1.99. The van der Waals surface area contributed by atoms with Gasteiger partial charge in [0, 0.05) is 0 Å². The number of nitrogens with one attached hydrogen (secondary N) is 2. The first kappa shape index (κ1) is 10.8. The summed E-state index contributed by atoms with van der Waals surface area (Å²) in [6.07, 6.45) is 1.53. The summed E-state index contributed by atoms with van der Waals surface area (Å²) < 4.78 is 0. The van der Waals surface area contributed by atoms with Gasteiger partial charge in [-0.2, -0.15) is 0 Å². The topological polar surface area (TPSA) is 44.3 Å². The summed E-state index contributed by atoms with van der Waals surface area (Å²) in [5.74, 6) is 0.279. The number of benzene rings is 1. The van der Waals surface area contributed by atoms with Crippen LogP contribution >= 0.6 is 0 Å². The Morgan fingerprint density at radius 1 is 1.21 bits per heavy atom. The van der Waals surface area contributed by atoms with Gasteiger partial charge in [-0.05, 0) is 25.7 Å². The first-order valence-corrected chi connectivity index (χ1v) is 4.58. The monoisotopic (exact) mass is 192 g/mol. The minimum atomic E-state index is -0.199.